The molecule has 2 aromatic heterocycles. The van der Waals surface area contributed by atoms with Crippen LogP contribution >= 0.6 is 0 Å². The number of hydrogen-bond acceptors (Lipinski definition) is 11. The lowest BCUT2D eigenvalue weighted by molar-refractivity contribution is -0.145. The number of ether oxygens (including phenoxy) is 7. The first-order chi connectivity index (χ1) is 41.0. The first kappa shape index (κ1) is 57.9. The van der Waals surface area contributed by atoms with Crippen LogP contribution in [-0.4, -0.2) is 83.9 Å². The van der Waals surface area contributed by atoms with E-state index in [1.165, 1.54) is 19.3 Å². The first-order valence-corrected chi connectivity index (χ1v) is 28.7. The maximum atomic E-state index is 11.9. The number of hydrogen-bond donors (Lipinski definition) is 2. The van der Waals surface area contributed by atoms with E-state index in [1.807, 2.05) is 109 Å². The molecule has 0 radical (unpaired) electrons. The number of rotatable bonds is 22. The number of aromatic hydroxyl groups is 2. The number of aromatic nitrogens is 2. The summed E-state index contributed by atoms with van der Waals surface area (Å²) >= 11 is 0. The zero-order valence-electron chi connectivity index (χ0n) is 48.5. The molecule has 0 spiro atoms. The Morgan fingerprint density at radius 2 is 0.988 bits per heavy atom. The van der Waals surface area contributed by atoms with Gasteiger partial charge in [0, 0.05) is 41.4 Å². The van der Waals surface area contributed by atoms with E-state index in [0.717, 1.165) is 120 Å². The minimum absolute atomic E-state index is 0.186. The molecule has 432 valence electrons. The molecule has 0 bridgehead atoms. The summed E-state index contributed by atoms with van der Waals surface area (Å²) < 4.78 is 45.0. The van der Waals surface area contributed by atoms with Crippen LogP contribution in [0.2, 0.25) is 0 Å². The molecule has 3 heterocycles. The van der Waals surface area contributed by atoms with Crippen molar-refractivity contribution in [3.8, 4) is 68.5 Å². The Labute approximate surface area is 491 Å². The molecule has 13 nitrogen and oxygen atoms in total. The van der Waals surface area contributed by atoms with Gasteiger partial charge in [-0.15, -0.1) is 0 Å². The van der Waals surface area contributed by atoms with Crippen LogP contribution in [0.1, 0.15) is 59.6 Å². The zero-order chi connectivity index (χ0) is 58.4. The minimum atomic E-state index is -0.425. The number of fused-ring (bicyclic) bond motifs is 2. The number of phenols is 2. The molecule has 0 amide bonds. The monoisotopic (exact) mass is 1130 g/mol. The zero-order valence-corrected chi connectivity index (χ0v) is 48.5. The quantitative estimate of drug-likeness (QED) is 0.0628. The normalized spacial score (nSPS) is 12.3. The van der Waals surface area contributed by atoms with Crippen molar-refractivity contribution in [1.82, 2.24) is 14.0 Å². The van der Waals surface area contributed by atoms with Gasteiger partial charge in [-0.2, -0.15) is 0 Å². The Morgan fingerprint density at radius 3 is 1.55 bits per heavy atom. The average molecular weight is 1130 g/mol. The van der Waals surface area contributed by atoms with E-state index in [1.54, 1.807) is 39.3 Å². The van der Waals surface area contributed by atoms with Crippen LogP contribution in [0.15, 0.2) is 182 Å². The molecule has 0 atom stereocenters. The fourth-order valence-electron chi connectivity index (χ4n) is 11.0. The number of phenolic OH excluding ortho intramolecular Hbond substituents is 2. The molecule has 0 saturated carbocycles. The van der Waals surface area contributed by atoms with Gasteiger partial charge in [-0.3, -0.25) is 4.90 Å². The van der Waals surface area contributed by atoms with E-state index in [-0.39, 0.29) is 18.1 Å². The molecule has 1 fully saturated rings. The predicted octanol–water partition coefficient (Wildman–Crippen LogP) is 14.7. The van der Waals surface area contributed by atoms with Gasteiger partial charge in [-0.25, -0.2) is 4.79 Å². The lowest BCUT2D eigenvalue weighted by Crippen LogP contribution is -2.33. The van der Waals surface area contributed by atoms with Gasteiger partial charge in [0.1, 0.15) is 42.8 Å². The SMILES string of the molecule is CCOC(=O)COc1ccc(Cn2c(-c3ccc(OCc4ccccc4)cc3)c(C)c3cc(OCc4ccccc4)ccc32)cc1OC.COc1cc(Cn2c(-c3ccc(O)cc3)c(C)c3cc(O)ccc32)ccc1OCCN1CCCCC1. The topological polar surface area (TPSA) is 135 Å². The largest absolute Gasteiger partial charge is 0.508 e. The van der Waals surface area contributed by atoms with E-state index < -0.39 is 5.97 Å². The molecule has 1 saturated heterocycles. The lowest BCUT2D eigenvalue weighted by atomic mass is 10.1. The summed E-state index contributed by atoms with van der Waals surface area (Å²) in [4.78, 5) is 14.3. The standard InChI is InChI=1S/C41H39NO6.C30H34N2O4/c1-4-45-40(43)28-48-38-22-15-32(23-39(38)44-3)25-42-37-21-20-35(47-27-31-13-9-6-10-14-31)24-36(37)29(2)41(42)33-16-18-34(19-17-33)46-26-30-11-7-5-8-12-30;1-21-26-19-25(34)11-12-27(26)32(30(21)23-7-9-24(33)10-8-23)20-22-6-13-28(29(18-22)35-2)36-17-16-31-14-4-3-5-15-31/h5-24H,4,25-28H2,1-3H3;6-13,18-19,33-34H,3-5,14-17,20H2,1-2H3. The van der Waals surface area contributed by atoms with Crippen LogP contribution < -0.4 is 28.4 Å². The highest BCUT2D eigenvalue weighted by molar-refractivity contribution is 5.94. The predicted molar refractivity (Wildman–Crippen MR) is 331 cm³/mol. The lowest BCUT2D eigenvalue weighted by Gasteiger charge is -2.26. The second-order valence-electron chi connectivity index (χ2n) is 20.9. The van der Waals surface area contributed by atoms with Crippen molar-refractivity contribution in [3.63, 3.8) is 0 Å². The average Bonchev–Trinajstić information content (AvgIpc) is 4.17. The van der Waals surface area contributed by atoms with Crippen LogP contribution in [-0.2, 0) is 35.8 Å². The second kappa shape index (κ2) is 27.6. The van der Waals surface area contributed by atoms with Gasteiger partial charge in [0.05, 0.1) is 32.2 Å². The third kappa shape index (κ3) is 14.1. The third-order valence-corrected chi connectivity index (χ3v) is 15.3. The maximum absolute atomic E-state index is 11.9. The summed E-state index contributed by atoms with van der Waals surface area (Å²) in [7, 11) is 3.27. The number of carbonyl (C=O) groups is 1. The Morgan fingerprint density at radius 1 is 0.488 bits per heavy atom. The van der Waals surface area contributed by atoms with Crippen LogP contribution in [0.25, 0.3) is 44.3 Å². The molecule has 10 aromatic rings. The molecule has 0 aliphatic carbocycles. The fraction of sp³-hybridized carbons (Fsp3) is 0.254. The molecule has 8 aromatic carbocycles. The van der Waals surface area contributed by atoms with E-state index in [4.69, 9.17) is 33.2 Å². The Bertz CT molecular complexity index is 3790. The summed E-state index contributed by atoms with van der Waals surface area (Å²) in [6.07, 6.45) is 3.88. The van der Waals surface area contributed by atoms with Gasteiger partial charge in [-0.05, 0) is 200 Å². The number of nitrogens with zero attached hydrogens (tertiary/aromatic N) is 3. The van der Waals surface area contributed by atoms with E-state index in [0.29, 0.717) is 51.0 Å². The van der Waals surface area contributed by atoms with Crippen molar-refractivity contribution < 1.29 is 48.2 Å². The molecule has 13 heteroatoms. The first-order valence-electron chi connectivity index (χ1n) is 28.7. The van der Waals surface area contributed by atoms with Crippen LogP contribution in [0.3, 0.4) is 0 Å². The number of benzene rings is 8. The van der Waals surface area contributed by atoms with Gasteiger partial charge < -0.3 is 52.5 Å². The number of aryl methyl sites for hydroxylation is 2. The van der Waals surface area contributed by atoms with Crippen molar-refractivity contribution >= 4 is 27.8 Å². The highest BCUT2D eigenvalue weighted by Crippen LogP contribution is 2.40. The molecule has 2 N–H and O–H groups in total. The van der Waals surface area contributed by atoms with Gasteiger partial charge in [-0.1, -0.05) is 79.2 Å². The van der Waals surface area contributed by atoms with E-state index in [2.05, 4.69) is 82.5 Å². The Balaban J connectivity index is 0.000000195. The summed E-state index contributed by atoms with van der Waals surface area (Å²) in [5, 5.41) is 22.0. The van der Waals surface area contributed by atoms with Crippen molar-refractivity contribution in [3.05, 3.63) is 215 Å². The van der Waals surface area contributed by atoms with Crippen LogP contribution in [0, 0.1) is 13.8 Å². The summed E-state index contributed by atoms with van der Waals surface area (Å²) in [6, 6.07) is 59.5. The second-order valence-corrected chi connectivity index (χ2v) is 20.9. The Hall–Kier alpha value is -9.33. The summed E-state index contributed by atoms with van der Waals surface area (Å²) in [6.45, 7) is 12.2. The highest BCUT2D eigenvalue weighted by Gasteiger charge is 2.21. The van der Waals surface area contributed by atoms with Crippen molar-refractivity contribution in [2.75, 3.05) is 53.7 Å². The van der Waals surface area contributed by atoms with Crippen molar-refractivity contribution in [1.29, 1.82) is 0 Å². The van der Waals surface area contributed by atoms with Gasteiger partial charge >= 0.3 is 5.97 Å². The van der Waals surface area contributed by atoms with E-state index in [9.17, 15) is 15.0 Å². The molecular formula is C71H73N3O10. The van der Waals surface area contributed by atoms with Crippen molar-refractivity contribution in [2.45, 2.75) is 66.3 Å². The van der Waals surface area contributed by atoms with Crippen LogP contribution in [0.5, 0.6) is 46.0 Å². The number of likely N-dealkylation sites (tertiary alicyclic amines) is 1. The molecular weight excluding hydrogens is 1050 g/mol. The number of carbonyl (C=O) groups excluding carboxylic acids is 1. The summed E-state index contributed by atoms with van der Waals surface area (Å²) in [5.74, 6) is 4.18. The summed E-state index contributed by atoms with van der Waals surface area (Å²) in [5.41, 5.74) is 12.9. The minimum Gasteiger partial charge on any atom is -0.508 e. The Kier molecular flexibility index (Phi) is 19.0. The molecule has 11 rings (SSSR count). The number of methoxy groups -OCH3 is 2. The van der Waals surface area contributed by atoms with Crippen molar-refractivity contribution in [2.24, 2.45) is 0 Å². The van der Waals surface area contributed by atoms with Gasteiger partial charge in [0.25, 0.3) is 0 Å². The van der Waals surface area contributed by atoms with Gasteiger partial charge in [0.2, 0.25) is 0 Å². The molecule has 84 heavy (non-hydrogen) atoms. The molecule has 0 unspecified atom stereocenters. The third-order valence-electron chi connectivity index (χ3n) is 15.3. The highest BCUT2D eigenvalue weighted by atomic mass is 16.6. The number of esters is 1. The fourth-order valence-corrected chi connectivity index (χ4v) is 11.0. The molecule has 1 aliphatic rings. The van der Waals surface area contributed by atoms with Gasteiger partial charge in [0.15, 0.2) is 29.6 Å². The van der Waals surface area contributed by atoms with E-state index >= 15 is 0 Å². The number of piperidine rings is 1. The maximum Gasteiger partial charge on any atom is 0.344 e. The van der Waals surface area contributed by atoms with Crippen LogP contribution in [0.4, 0.5) is 0 Å². The smallest absolute Gasteiger partial charge is 0.344 e. The molecule has 1 aliphatic heterocycles.